The first-order valence-electron chi connectivity index (χ1n) is 6.38. The fourth-order valence-corrected chi connectivity index (χ4v) is 1.70. The van der Waals surface area contributed by atoms with Gasteiger partial charge in [0.2, 0.25) is 5.91 Å². The van der Waals surface area contributed by atoms with Gasteiger partial charge in [-0.1, -0.05) is 19.8 Å². The highest BCUT2D eigenvalue weighted by Gasteiger charge is 2.18. The van der Waals surface area contributed by atoms with E-state index in [0.717, 1.165) is 12.8 Å². The molecule has 0 fully saturated rings. The number of nitrogens with zero attached hydrogens (tertiary/aromatic N) is 1. The molecule has 0 spiro atoms. The number of anilines is 1. The van der Waals surface area contributed by atoms with Crippen LogP contribution in [0.4, 0.5) is 11.4 Å². The van der Waals surface area contributed by atoms with Crippen LogP contribution in [0.3, 0.4) is 0 Å². The van der Waals surface area contributed by atoms with Crippen LogP contribution in [0.25, 0.3) is 0 Å². The van der Waals surface area contributed by atoms with Crippen molar-refractivity contribution in [1.29, 1.82) is 0 Å². The van der Waals surface area contributed by atoms with E-state index in [0.29, 0.717) is 12.1 Å². The predicted molar refractivity (Wildman–Crippen MR) is 75.8 cm³/mol. The SMILES string of the molecule is CCCCC(N)C(=O)Nc1ccc(OC)c([N+](=O)[O-])c1. The lowest BCUT2D eigenvalue weighted by Crippen LogP contribution is -2.35. The lowest BCUT2D eigenvalue weighted by atomic mass is 10.1. The first-order chi connectivity index (χ1) is 9.49. The zero-order chi connectivity index (χ0) is 15.1. The Labute approximate surface area is 117 Å². The molecule has 3 N–H and O–H groups in total. The van der Waals surface area contributed by atoms with Gasteiger partial charge in [-0.05, 0) is 18.6 Å². The van der Waals surface area contributed by atoms with Gasteiger partial charge in [-0.3, -0.25) is 14.9 Å². The second-order valence-corrected chi connectivity index (χ2v) is 4.38. The molecule has 20 heavy (non-hydrogen) atoms. The zero-order valence-electron chi connectivity index (χ0n) is 11.6. The monoisotopic (exact) mass is 281 g/mol. The molecular formula is C13H19N3O4. The number of unbranched alkanes of at least 4 members (excludes halogenated alkanes) is 1. The zero-order valence-corrected chi connectivity index (χ0v) is 11.6. The number of carbonyl (C=O) groups is 1. The van der Waals surface area contributed by atoms with Crippen LogP contribution in [0.5, 0.6) is 5.75 Å². The van der Waals surface area contributed by atoms with E-state index in [1.165, 1.54) is 25.3 Å². The molecule has 0 heterocycles. The van der Waals surface area contributed by atoms with Gasteiger partial charge in [-0.2, -0.15) is 0 Å². The fraction of sp³-hybridized carbons (Fsp3) is 0.462. The maximum absolute atomic E-state index is 11.8. The number of nitro groups is 1. The van der Waals surface area contributed by atoms with Gasteiger partial charge in [0.1, 0.15) is 0 Å². The first kappa shape index (κ1) is 15.9. The number of benzene rings is 1. The molecule has 1 atom stereocenters. The highest BCUT2D eigenvalue weighted by Crippen LogP contribution is 2.29. The lowest BCUT2D eigenvalue weighted by Gasteiger charge is -2.12. The Morgan fingerprint density at radius 1 is 1.55 bits per heavy atom. The smallest absolute Gasteiger partial charge is 0.312 e. The molecule has 0 aliphatic heterocycles. The summed E-state index contributed by atoms with van der Waals surface area (Å²) in [5.74, 6) is -0.207. The molecule has 0 aromatic heterocycles. The second kappa shape index (κ2) is 7.44. The molecule has 0 saturated heterocycles. The van der Waals surface area contributed by atoms with E-state index in [9.17, 15) is 14.9 Å². The Bertz CT molecular complexity index is 491. The third kappa shape index (κ3) is 4.20. The summed E-state index contributed by atoms with van der Waals surface area (Å²) in [6.07, 6.45) is 2.40. The van der Waals surface area contributed by atoms with E-state index in [1.807, 2.05) is 6.92 Å². The molecule has 1 unspecified atom stereocenters. The summed E-state index contributed by atoms with van der Waals surface area (Å²) < 4.78 is 4.89. The number of nitro benzene ring substituents is 1. The molecule has 0 bridgehead atoms. The van der Waals surface area contributed by atoms with E-state index < -0.39 is 11.0 Å². The Kier molecular flexibility index (Phi) is 5.92. The van der Waals surface area contributed by atoms with Crippen LogP contribution in [0.15, 0.2) is 18.2 Å². The normalized spacial score (nSPS) is 11.8. The fourth-order valence-electron chi connectivity index (χ4n) is 1.70. The lowest BCUT2D eigenvalue weighted by molar-refractivity contribution is -0.385. The van der Waals surface area contributed by atoms with Crippen LogP contribution in [-0.4, -0.2) is 24.0 Å². The summed E-state index contributed by atoms with van der Waals surface area (Å²) in [5.41, 5.74) is 5.86. The van der Waals surface area contributed by atoms with Crippen LogP contribution in [0, 0.1) is 10.1 Å². The quantitative estimate of drug-likeness (QED) is 0.587. The highest BCUT2D eigenvalue weighted by molar-refractivity contribution is 5.95. The highest BCUT2D eigenvalue weighted by atomic mass is 16.6. The number of rotatable bonds is 7. The van der Waals surface area contributed by atoms with E-state index in [-0.39, 0.29) is 17.3 Å². The number of nitrogens with one attached hydrogen (secondary N) is 1. The Balaban J connectivity index is 2.80. The number of nitrogens with two attached hydrogens (primary N) is 1. The molecule has 0 saturated carbocycles. The number of amides is 1. The first-order valence-corrected chi connectivity index (χ1v) is 6.38. The van der Waals surface area contributed by atoms with Crippen molar-refractivity contribution in [3.63, 3.8) is 0 Å². The van der Waals surface area contributed by atoms with Crippen LogP contribution < -0.4 is 15.8 Å². The molecule has 1 aromatic rings. The molecule has 0 aliphatic carbocycles. The van der Waals surface area contributed by atoms with Crippen LogP contribution in [0.2, 0.25) is 0 Å². The summed E-state index contributed by atoms with van der Waals surface area (Å²) in [7, 11) is 1.35. The maximum Gasteiger partial charge on any atom is 0.312 e. The van der Waals surface area contributed by atoms with Crippen LogP contribution >= 0.6 is 0 Å². The van der Waals surface area contributed by atoms with Crippen molar-refractivity contribution >= 4 is 17.3 Å². The van der Waals surface area contributed by atoms with Gasteiger partial charge >= 0.3 is 5.69 Å². The van der Waals surface area contributed by atoms with E-state index in [1.54, 1.807) is 0 Å². The van der Waals surface area contributed by atoms with Crippen molar-refractivity contribution < 1.29 is 14.5 Å². The van der Waals surface area contributed by atoms with Gasteiger partial charge in [0.15, 0.2) is 5.75 Å². The minimum Gasteiger partial charge on any atom is -0.490 e. The van der Waals surface area contributed by atoms with Gasteiger partial charge < -0.3 is 15.8 Å². The molecule has 1 rings (SSSR count). The average molecular weight is 281 g/mol. The second-order valence-electron chi connectivity index (χ2n) is 4.38. The Morgan fingerprint density at radius 2 is 2.25 bits per heavy atom. The van der Waals surface area contributed by atoms with Gasteiger partial charge in [0.25, 0.3) is 0 Å². The average Bonchev–Trinajstić information content (AvgIpc) is 2.44. The third-order valence-electron chi connectivity index (χ3n) is 2.85. The van der Waals surface area contributed by atoms with Crippen LogP contribution in [0.1, 0.15) is 26.2 Å². The molecule has 0 radical (unpaired) electrons. The molecule has 7 nitrogen and oxygen atoms in total. The standard InChI is InChI=1S/C13H19N3O4/c1-3-4-5-10(14)13(17)15-9-6-7-12(20-2)11(8-9)16(18)19/h6-8,10H,3-5,14H2,1-2H3,(H,15,17). The topological polar surface area (TPSA) is 107 Å². The van der Waals surface area contributed by atoms with Gasteiger partial charge in [-0.25, -0.2) is 0 Å². The Morgan fingerprint density at radius 3 is 2.80 bits per heavy atom. The Hall–Kier alpha value is -2.15. The van der Waals surface area contributed by atoms with Gasteiger partial charge in [0.05, 0.1) is 18.1 Å². The molecule has 0 aliphatic rings. The van der Waals surface area contributed by atoms with Crippen LogP contribution in [-0.2, 0) is 4.79 Å². The molecule has 110 valence electrons. The summed E-state index contributed by atoms with van der Waals surface area (Å²) in [6, 6.07) is 3.61. The molecule has 7 heteroatoms. The predicted octanol–water partition coefficient (Wildman–Crippen LogP) is 2.06. The summed E-state index contributed by atoms with van der Waals surface area (Å²) in [6.45, 7) is 2.01. The molecule has 1 amide bonds. The van der Waals surface area contributed by atoms with Crippen molar-refractivity contribution in [2.75, 3.05) is 12.4 Å². The minimum absolute atomic E-state index is 0.142. The van der Waals surface area contributed by atoms with Crippen molar-refractivity contribution in [2.24, 2.45) is 5.73 Å². The van der Waals surface area contributed by atoms with Gasteiger partial charge in [-0.15, -0.1) is 0 Å². The van der Waals surface area contributed by atoms with Crippen molar-refractivity contribution in [3.8, 4) is 5.75 Å². The molecule has 1 aromatic carbocycles. The maximum atomic E-state index is 11.8. The number of methoxy groups -OCH3 is 1. The van der Waals surface area contributed by atoms with Crippen molar-refractivity contribution in [1.82, 2.24) is 0 Å². The summed E-state index contributed by atoms with van der Waals surface area (Å²) >= 11 is 0. The van der Waals surface area contributed by atoms with Crippen molar-refractivity contribution in [3.05, 3.63) is 28.3 Å². The molecular weight excluding hydrogens is 262 g/mol. The largest absolute Gasteiger partial charge is 0.490 e. The van der Waals surface area contributed by atoms with E-state index in [2.05, 4.69) is 5.32 Å². The van der Waals surface area contributed by atoms with E-state index in [4.69, 9.17) is 10.5 Å². The third-order valence-corrected chi connectivity index (χ3v) is 2.85. The van der Waals surface area contributed by atoms with Crippen molar-refractivity contribution in [2.45, 2.75) is 32.2 Å². The summed E-state index contributed by atoms with van der Waals surface area (Å²) in [4.78, 5) is 22.1. The minimum atomic E-state index is -0.615. The number of hydrogen-bond donors (Lipinski definition) is 2. The van der Waals surface area contributed by atoms with E-state index >= 15 is 0 Å². The number of hydrogen-bond acceptors (Lipinski definition) is 5. The number of carbonyl (C=O) groups excluding carboxylic acids is 1. The summed E-state index contributed by atoms with van der Waals surface area (Å²) in [5, 5.41) is 13.5. The number of ether oxygens (including phenoxy) is 1. The van der Waals surface area contributed by atoms with Gasteiger partial charge in [0, 0.05) is 11.8 Å².